The highest BCUT2D eigenvalue weighted by Crippen LogP contribution is 2.26. The fourth-order valence-electron chi connectivity index (χ4n) is 3.10. The molecule has 1 heterocycles. The van der Waals surface area contributed by atoms with Crippen LogP contribution in [-0.2, 0) is 11.2 Å². The number of para-hydroxylation sites is 2. The Morgan fingerprint density at radius 1 is 1.27 bits per heavy atom. The SMILES string of the molecule is O=[N+]([O-])c1ccccc1OC[C@@H](O)C[NH2+]C[C@H]1OCCc2ccccc21. The molecule has 26 heavy (non-hydrogen) atoms. The van der Waals surface area contributed by atoms with Crippen LogP contribution in [0.5, 0.6) is 5.75 Å². The van der Waals surface area contributed by atoms with Gasteiger partial charge in [-0.3, -0.25) is 10.1 Å². The first-order chi connectivity index (χ1) is 12.6. The van der Waals surface area contributed by atoms with E-state index in [4.69, 9.17) is 9.47 Å². The molecule has 0 aliphatic carbocycles. The molecule has 3 rings (SSSR count). The van der Waals surface area contributed by atoms with Crippen molar-refractivity contribution in [2.45, 2.75) is 18.6 Å². The molecule has 2 atom stereocenters. The topological polar surface area (TPSA) is 98.4 Å². The van der Waals surface area contributed by atoms with E-state index in [0.29, 0.717) is 19.7 Å². The smallest absolute Gasteiger partial charge is 0.310 e. The Bertz CT molecular complexity index is 752. The van der Waals surface area contributed by atoms with Gasteiger partial charge in [0.15, 0.2) is 5.75 Å². The van der Waals surface area contributed by atoms with Crippen molar-refractivity contribution < 1.29 is 24.8 Å². The molecule has 3 N–H and O–H groups in total. The van der Waals surface area contributed by atoms with E-state index >= 15 is 0 Å². The summed E-state index contributed by atoms with van der Waals surface area (Å²) in [6.45, 7) is 1.85. The monoisotopic (exact) mass is 359 g/mol. The van der Waals surface area contributed by atoms with Crippen LogP contribution in [0.2, 0.25) is 0 Å². The first kappa shape index (κ1) is 18.3. The first-order valence-electron chi connectivity index (χ1n) is 8.70. The molecule has 0 amide bonds. The van der Waals surface area contributed by atoms with E-state index in [0.717, 1.165) is 6.42 Å². The number of benzene rings is 2. The molecule has 7 heteroatoms. The molecule has 138 valence electrons. The summed E-state index contributed by atoms with van der Waals surface area (Å²) < 4.78 is 11.3. The summed E-state index contributed by atoms with van der Waals surface area (Å²) in [6, 6.07) is 14.4. The average Bonchev–Trinajstić information content (AvgIpc) is 2.66. The number of nitro benzene ring substituents is 1. The Morgan fingerprint density at radius 2 is 2.04 bits per heavy atom. The van der Waals surface area contributed by atoms with E-state index in [2.05, 4.69) is 12.1 Å². The lowest BCUT2D eigenvalue weighted by Crippen LogP contribution is -2.87. The molecular formula is C19H23N2O5+. The van der Waals surface area contributed by atoms with Gasteiger partial charge in [-0.1, -0.05) is 36.4 Å². The minimum atomic E-state index is -0.728. The van der Waals surface area contributed by atoms with E-state index in [1.807, 2.05) is 17.4 Å². The van der Waals surface area contributed by atoms with E-state index in [-0.39, 0.29) is 24.1 Å². The predicted octanol–water partition coefficient (Wildman–Crippen LogP) is 1.21. The second kappa shape index (κ2) is 8.75. The van der Waals surface area contributed by atoms with Crippen LogP contribution in [0.1, 0.15) is 17.2 Å². The molecule has 0 saturated carbocycles. The number of fused-ring (bicyclic) bond motifs is 1. The molecule has 0 radical (unpaired) electrons. The number of hydrogen-bond donors (Lipinski definition) is 2. The van der Waals surface area contributed by atoms with Crippen LogP contribution in [0.15, 0.2) is 48.5 Å². The Labute approximate surface area is 151 Å². The third-order valence-corrected chi connectivity index (χ3v) is 4.41. The van der Waals surface area contributed by atoms with Crippen LogP contribution in [0.3, 0.4) is 0 Å². The molecule has 7 nitrogen and oxygen atoms in total. The van der Waals surface area contributed by atoms with Gasteiger partial charge in [0.2, 0.25) is 0 Å². The van der Waals surface area contributed by atoms with Crippen molar-refractivity contribution in [3.05, 3.63) is 69.8 Å². The van der Waals surface area contributed by atoms with Gasteiger partial charge < -0.3 is 19.9 Å². The molecule has 0 spiro atoms. The van der Waals surface area contributed by atoms with Crippen molar-refractivity contribution in [2.24, 2.45) is 0 Å². The molecular weight excluding hydrogens is 336 g/mol. The zero-order chi connectivity index (χ0) is 18.4. The van der Waals surface area contributed by atoms with Crippen LogP contribution in [0.25, 0.3) is 0 Å². The van der Waals surface area contributed by atoms with Crippen LogP contribution < -0.4 is 10.1 Å². The fourth-order valence-corrected chi connectivity index (χ4v) is 3.10. The number of nitrogens with zero attached hydrogens (tertiary/aromatic N) is 1. The number of nitrogens with two attached hydrogens (primary N) is 1. The zero-order valence-electron chi connectivity index (χ0n) is 14.4. The molecule has 2 aromatic rings. The van der Waals surface area contributed by atoms with E-state index < -0.39 is 11.0 Å². The Balaban J connectivity index is 1.46. The fraction of sp³-hybridized carbons (Fsp3) is 0.368. The van der Waals surface area contributed by atoms with Gasteiger partial charge in [-0.05, 0) is 23.6 Å². The predicted molar refractivity (Wildman–Crippen MR) is 95.1 cm³/mol. The van der Waals surface area contributed by atoms with Crippen LogP contribution >= 0.6 is 0 Å². The Morgan fingerprint density at radius 3 is 2.88 bits per heavy atom. The van der Waals surface area contributed by atoms with Gasteiger partial charge in [0.25, 0.3) is 0 Å². The third-order valence-electron chi connectivity index (χ3n) is 4.41. The van der Waals surface area contributed by atoms with Gasteiger partial charge in [-0.2, -0.15) is 0 Å². The van der Waals surface area contributed by atoms with Crippen LogP contribution in [0.4, 0.5) is 5.69 Å². The van der Waals surface area contributed by atoms with Gasteiger partial charge in [0, 0.05) is 6.07 Å². The average molecular weight is 359 g/mol. The maximum atomic E-state index is 11.0. The molecule has 0 saturated heterocycles. The Hall–Kier alpha value is -2.48. The van der Waals surface area contributed by atoms with Crippen LogP contribution in [0, 0.1) is 10.1 Å². The lowest BCUT2D eigenvalue weighted by molar-refractivity contribution is -0.668. The minimum Gasteiger partial charge on any atom is -0.484 e. The highest BCUT2D eigenvalue weighted by atomic mass is 16.6. The summed E-state index contributed by atoms with van der Waals surface area (Å²) in [5.74, 6) is 0.168. The van der Waals surface area contributed by atoms with Crippen molar-refractivity contribution in [1.29, 1.82) is 0 Å². The maximum Gasteiger partial charge on any atom is 0.310 e. The summed E-state index contributed by atoms with van der Waals surface area (Å²) in [7, 11) is 0. The Kier molecular flexibility index (Phi) is 6.17. The van der Waals surface area contributed by atoms with Gasteiger partial charge in [0.1, 0.15) is 31.9 Å². The number of ether oxygens (including phenoxy) is 2. The van der Waals surface area contributed by atoms with E-state index in [1.165, 1.54) is 23.3 Å². The first-order valence-corrected chi connectivity index (χ1v) is 8.70. The summed E-state index contributed by atoms with van der Waals surface area (Å²) in [4.78, 5) is 10.5. The number of aliphatic hydroxyl groups is 1. The largest absolute Gasteiger partial charge is 0.484 e. The van der Waals surface area contributed by atoms with Crippen molar-refractivity contribution >= 4 is 5.69 Å². The summed E-state index contributed by atoms with van der Waals surface area (Å²) in [5.41, 5.74) is 2.42. The molecule has 0 unspecified atom stereocenters. The highest BCUT2D eigenvalue weighted by molar-refractivity contribution is 5.45. The normalized spacial score (nSPS) is 17.3. The molecule has 0 bridgehead atoms. The summed E-state index contributed by atoms with van der Waals surface area (Å²) in [5, 5.41) is 23.0. The molecule has 0 aromatic heterocycles. The quantitative estimate of drug-likeness (QED) is 0.545. The van der Waals surface area contributed by atoms with E-state index in [1.54, 1.807) is 12.1 Å². The van der Waals surface area contributed by atoms with Crippen molar-refractivity contribution in [3.63, 3.8) is 0 Å². The number of nitro groups is 1. The maximum absolute atomic E-state index is 11.0. The minimum absolute atomic E-state index is 0.00344. The van der Waals surface area contributed by atoms with Gasteiger partial charge >= 0.3 is 5.69 Å². The number of rotatable bonds is 8. The van der Waals surface area contributed by atoms with Crippen molar-refractivity contribution in [2.75, 3.05) is 26.3 Å². The van der Waals surface area contributed by atoms with Crippen molar-refractivity contribution in [1.82, 2.24) is 0 Å². The summed E-state index contributed by atoms with van der Waals surface area (Å²) in [6.07, 6.45) is 0.218. The molecule has 2 aromatic carbocycles. The van der Waals surface area contributed by atoms with Gasteiger partial charge in [0.05, 0.1) is 11.5 Å². The lowest BCUT2D eigenvalue weighted by atomic mass is 9.97. The van der Waals surface area contributed by atoms with Crippen LogP contribution in [-0.4, -0.2) is 42.4 Å². The second-order valence-corrected chi connectivity index (χ2v) is 6.26. The number of hydrogen-bond acceptors (Lipinski definition) is 5. The third kappa shape index (κ3) is 4.57. The van der Waals surface area contributed by atoms with Gasteiger partial charge in [-0.25, -0.2) is 0 Å². The van der Waals surface area contributed by atoms with Gasteiger partial charge in [-0.15, -0.1) is 0 Å². The molecule has 0 fully saturated rings. The molecule has 1 aliphatic rings. The number of aliphatic hydroxyl groups excluding tert-OH is 1. The van der Waals surface area contributed by atoms with Crippen molar-refractivity contribution in [3.8, 4) is 5.75 Å². The lowest BCUT2D eigenvalue weighted by Gasteiger charge is -2.25. The van der Waals surface area contributed by atoms with E-state index in [9.17, 15) is 15.2 Å². The zero-order valence-corrected chi connectivity index (χ0v) is 14.4. The number of quaternary nitrogens is 1. The molecule has 1 aliphatic heterocycles. The summed E-state index contributed by atoms with van der Waals surface area (Å²) >= 11 is 0. The highest BCUT2D eigenvalue weighted by Gasteiger charge is 2.22. The standard InChI is InChI=1S/C19H22N2O5/c22-15(13-26-18-8-4-3-7-17(18)21(23)24)11-20-12-19-16-6-2-1-5-14(16)9-10-25-19/h1-8,15,19-20,22H,9-13H2/p+1/t15-,19+/m0/s1. The second-order valence-electron chi connectivity index (χ2n) is 6.26.